The number of nitrogens with two attached hydrogens (primary N) is 2. The van der Waals surface area contributed by atoms with E-state index >= 15 is 0 Å². The zero-order valence-electron chi connectivity index (χ0n) is 22.1. The van der Waals surface area contributed by atoms with Crippen LogP contribution in [-0.2, 0) is 24.0 Å². The topological polar surface area (TPSA) is 266 Å². The van der Waals surface area contributed by atoms with Gasteiger partial charge in [0.05, 0.1) is 10.5 Å². The lowest BCUT2D eigenvalue weighted by atomic mass is 10.1. The van der Waals surface area contributed by atoms with Crippen LogP contribution in [0.25, 0.3) is 0 Å². The number of unbranched alkanes of at least 4 members (excludes halogenated alkanes) is 1. The van der Waals surface area contributed by atoms with E-state index in [1.54, 1.807) is 0 Å². The molecule has 0 saturated heterocycles. The molecular weight excluding hydrogens is 562 g/mol. The number of carboxylic acids is 1. The number of aliphatic carboxylic acids is 1. The monoisotopic (exact) mass is 595 g/mol. The molecule has 1 aliphatic rings. The van der Waals surface area contributed by atoms with Gasteiger partial charge in [-0.25, -0.2) is 0 Å². The van der Waals surface area contributed by atoms with Crippen molar-refractivity contribution >= 4 is 53.0 Å². The maximum Gasteiger partial charge on any atom is 0.303 e. The molecule has 17 heteroatoms. The number of carbonyl (C=O) groups is 6. The van der Waals surface area contributed by atoms with Crippen molar-refractivity contribution in [2.45, 2.75) is 61.5 Å². The Labute approximate surface area is 238 Å². The highest BCUT2D eigenvalue weighted by molar-refractivity contribution is 7.99. The van der Waals surface area contributed by atoms with Gasteiger partial charge in [-0.2, -0.15) is 0 Å². The number of fused-ring (bicyclic) bond motifs is 1. The molecule has 0 aliphatic carbocycles. The Bertz CT molecular complexity index is 1180. The molecule has 0 spiro atoms. The summed E-state index contributed by atoms with van der Waals surface area (Å²) < 4.78 is 0. The van der Waals surface area contributed by atoms with Crippen LogP contribution in [0.3, 0.4) is 0 Å². The molecule has 3 atom stereocenters. The fourth-order valence-electron chi connectivity index (χ4n) is 3.80. The number of non-ortho nitro benzene ring substituents is 1. The summed E-state index contributed by atoms with van der Waals surface area (Å²) in [4.78, 5) is 85.9. The van der Waals surface area contributed by atoms with Crippen molar-refractivity contribution in [3.8, 4) is 0 Å². The van der Waals surface area contributed by atoms with Gasteiger partial charge in [0.2, 0.25) is 23.6 Å². The van der Waals surface area contributed by atoms with Gasteiger partial charge in [-0.15, -0.1) is 11.8 Å². The maximum atomic E-state index is 13.3. The predicted molar refractivity (Wildman–Crippen MR) is 146 cm³/mol. The Morgan fingerprint density at radius 2 is 1.73 bits per heavy atom. The molecule has 41 heavy (non-hydrogen) atoms. The van der Waals surface area contributed by atoms with Crippen LogP contribution in [0, 0.1) is 10.1 Å². The molecule has 1 aromatic rings. The quantitative estimate of drug-likeness (QED) is 0.0852. The molecule has 0 bridgehead atoms. The maximum absolute atomic E-state index is 13.3. The minimum absolute atomic E-state index is 0.0989. The Morgan fingerprint density at radius 3 is 2.37 bits per heavy atom. The van der Waals surface area contributed by atoms with Gasteiger partial charge in [0, 0.05) is 42.2 Å². The first-order chi connectivity index (χ1) is 19.4. The zero-order chi connectivity index (χ0) is 30.5. The van der Waals surface area contributed by atoms with Crippen LogP contribution in [0.2, 0.25) is 0 Å². The summed E-state index contributed by atoms with van der Waals surface area (Å²) in [6.45, 7) is 0.226. The van der Waals surface area contributed by atoms with Gasteiger partial charge in [-0.05, 0) is 38.3 Å². The lowest BCUT2D eigenvalue weighted by molar-refractivity contribution is -0.384. The largest absolute Gasteiger partial charge is 0.481 e. The number of nitrogens with one attached hydrogen (secondary N) is 4. The number of amides is 5. The number of nitrogens with zero attached hydrogens (tertiary/aromatic N) is 1. The van der Waals surface area contributed by atoms with Crippen LogP contribution in [-0.4, -0.2) is 82.5 Å². The molecule has 5 amide bonds. The summed E-state index contributed by atoms with van der Waals surface area (Å²) in [7, 11) is 0. The Hall–Kier alpha value is -4.25. The lowest BCUT2D eigenvalue weighted by Gasteiger charge is -2.24. The van der Waals surface area contributed by atoms with E-state index in [2.05, 4.69) is 21.3 Å². The van der Waals surface area contributed by atoms with Gasteiger partial charge >= 0.3 is 5.97 Å². The van der Waals surface area contributed by atoms with Crippen molar-refractivity contribution in [2.75, 3.05) is 18.8 Å². The number of rotatable bonds is 12. The fraction of sp³-hybridized carbons (Fsp3) is 0.500. The fourth-order valence-corrected chi connectivity index (χ4v) is 4.85. The van der Waals surface area contributed by atoms with Crippen molar-refractivity contribution in [3.63, 3.8) is 0 Å². The summed E-state index contributed by atoms with van der Waals surface area (Å²) in [5, 5.41) is 30.6. The first-order valence-corrected chi connectivity index (χ1v) is 13.7. The third-order valence-electron chi connectivity index (χ3n) is 5.98. The van der Waals surface area contributed by atoms with Crippen LogP contribution in [0.5, 0.6) is 0 Å². The minimum Gasteiger partial charge on any atom is -0.481 e. The van der Waals surface area contributed by atoms with E-state index in [9.17, 15) is 38.9 Å². The summed E-state index contributed by atoms with van der Waals surface area (Å²) in [5.41, 5.74) is 10.1. The molecule has 2 rings (SSSR count). The first kappa shape index (κ1) is 33.0. The summed E-state index contributed by atoms with van der Waals surface area (Å²) in [6, 6.07) is -0.311. The van der Waals surface area contributed by atoms with Crippen molar-refractivity contribution in [2.24, 2.45) is 11.5 Å². The zero-order valence-corrected chi connectivity index (χ0v) is 22.9. The number of benzene rings is 1. The Balaban J connectivity index is 2.51. The normalized spacial score (nSPS) is 19.6. The van der Waals surface area contributed by atoms with Gasteiger partial charge in [0.15, 0.2) is 0 Å². The van der Waals surface area contributed by atoms with Crippen molar-refractivity contribution in [3.05, 3.63) is 33.9 Å². The smallest absolute Gasteiger partial charge is 0.303 e. The highest BCUT2D eigenvalue weighted by Crippen LogP contribution is 2.28. The van der Waals surface area contributed by atoms with E-state index < -0.39 is 70.7 Å². The second-order valence-corrected chi connectivity index (χ2v) is 10.2. The standard InChI is InChI=1S/C24H33N7O9S/c25-9-2-1-3-15-23(37)30-17(22(36)27-10-8-19(26)32)12-41-18-6-4-13(31(39)40)11-14(18)21(35)28-16(24(38)29-15)5-7-20(33)34/h4,6,11,15-17H,1-3,5,7-10,12,25H2,(H2,26,32)(H,27,36)(H,28,35)(H,29,38)(H,30,37)(H,33,34)/t15-,16-,17-/m0/s1. The van der Waals surface area contributed by atoms with Gasteiger partial charge in [-0.3, -0.25) is 38.9 Å². The second kappa shape index (κ2) is 16.1. The number of thioether (sulfide) groups is 1. The molecule has 0 radical (unpaired) electrons. The van der Waals surface area contributed by atoms with Gasteiger partial charge in [0.25, 0.3) is 11.6 Å². The van der Waals surface area contributed by atoms with Crippen molar-refractivity contribution in [1.29, 1.82) is 0 Å². The molecule has 0 fully saturated rings. The van der Waals surface area contributed by atoms with Gasteiger partial charge in [0.1, 0.15) is 18.1 Å². The number of nitro groups is 1. The summed E-state index contributed by atoms with van der Waals surface area (Å²) >= 11 is 0.947. The SMILES string of the molecule is NCCCC[C@@H]1NC(=O)[C@H](CCC(=O)O)NC(=O)c2cc([N+](=O)[O-])ccc2SC[C@@H](C(=O)NCCC(N)=O)NC1=O. The Kier molecular flexibility index (Phi) is 13.0. The molecule has 0 unspecified atom stereocenters. The molecule has 0 aromatic heterocycles. The summed E-state index contributed by atoms with van der Waals surface area (Å²) in [6.07, 6.45) is 0.116. The number of hydrogen-bond acceptors (Lipinski definition) is 10. The average Bonchev–Trinajstić information content (AvgIpc) is 2.91. The molecular formula is C24H33N7O9S. The van der Waals surface area contributed by atoms with E-state index in [1.807, 2.05) is 0 Å². The van der Waals surface area contributed by atoms with Gasteiger partial charge < -0.3 is 37.8 Å². The molecule has 1 heterocycles. The summed E-state index contributed by atoms with van der Waals surface area (Å²) in [5.74, 6) is -5.13. The van der Waals surface area contributed by atoms with Crippen LogP contribution < -0.4 is 32.7 Å². The highest BCUT2D eigenvalue weighted by Gasteiger charge is 2.32. The van der Waals surface area contributed by atoms with Crippen LogP contribution in [0.1, 0.15) is 48.9 Å². The first-order valence-electron chi connectivity index (χ1n) is 12.7. The number of carboxylic acid groups (broad SMARTS) is 1. The number of hydrogen-bond donors (Lipinski definition) is 7. The van der Waals surface area contributed by atoms with E-state index in [-0.39, 0.29) is 42.0 Å². The molecule has 1 aliphatic heterocycles. The van der Waals surface area contributed by atoms with Crippen LogP contribution in [0.15, 0.2) is 23.1 Å². The number of carbonyl (C=O) groups excluding carboxylic acids is 5. The average molecular weight is 596 g/mol. The minimum atomic E-state index is -1.39. The number of nitro benzene ring substituents is 1. The third kappa shape index (κ3) is 10.7. The molecule has 1 aromatic carbocycles. The van der Waals surface area contributed by atoms with Crippen LogP contribution >= 0.6 is 11.8 Å². The third-order valence-corrected chi connectivity index (χ3v) is 7.14. The van der Waals surface area contributed by atoms with E-state index in [4.69, 9.17) is 16.6 Å². The van der Waals surface area contributed by atoms with Gasteiger partial charge in [-0.1, -0.05) is 0 Å². The van der Waals surface area contributed by atoms with Crippen LogP contribution in [0.4, 0.5) is 5.69 Å². The lowest BCUT2D eigenvalue weighted by Crippen LogP contribution is -2.57. The predicted octanol–water partition coefficient (Wildman–Crippen LogP) is -1.25. The second-order valence-electron chi connectivity index (χ2n) is 9.12. The van der Waals surface area contributed by atoms with Crippen molar-refractivity contribution in [1.82, 2.24) is 21.3 Å². The van der Waals surface area contributed by atoms with E-state index in [0.717, 1.165) is 23.9 Å². The number of primary amides is 1. The highest BCUT2D eigenvalue weighted by atomic mass is 32.2. The Morgan fingerprint density at radius 1 is 1.05 bits per heavy atom. The molecule has 0 saturated carbocycles. The molecule has 9 N–H and O–H groups in total. The van der Waals surface area contributed by atoms with E-state index in [0.29, 0.717) is 19.4 Å². The van der Waals surface area contributed by atoms with Crippen molar-refractivity contribution < 1.29 is 38.8 Å². The van der Waals surface area contributed by atoms with E-state index in [1.165, 1.54) is 6.07 Å². The molecule has 16 nitrogen and oxygen atoms in total. The molecule has 224 valence electrons.